The molecule has 0 aromatic rings. The average Bonchev–Trinajstić information content (AvgIpc) is 2.32. The second-order valence-electron chi connectivity index (χ2n) is 3.63. The molecule has 0 radical (unpaired) electrons. The first-order valence-corrected chi connectivity index (χ1v) is 4.92. The van der Waals surface area contributed by atoms with E-state index in [-0.39, 0.29) is 23.8 Å². The van der Waals surface area contributed by atoms with Gasteiger partial charge in [-0.05, 0) is 6.42 Å². The SMILES string of the molecule is CCCCC[C@@H]1C(=O)OC(=O)[C@H]1C. The Bertz CT molecular complexity index is 210. The molecule has 0 bridgehead atoms. The molecule has 0 saturated carbocycles. The van der Waals surface area contributed by atoms with Crippen LogP contribution in [0.15, 0.2) is 0 Å². The van der Waals surface area contributed by atoms with E-state index in [9.17, 15) is 9.59 Å². The Labute approximate surface area is 78.5 Å². The van der Waals surface area contributed by atoms with Crippen molar-refractivity contribution in [3.8, 4) is 0 Å². The van der Waals surface area contributed by atoms with E-state index in [0.29, 0.717) is 0 Å². The predicted molar refractivity (Wildman–Crippen MR) is 47.9 cm³/mol. The van der Waals surface area contributed by atoms with Gasteiger partial charge in [0.1, 0.15) is 0 Å². The smallest absolute Gasteiger partial charge is 0.317 e. The van der Waals surface area contributed by atoms with Crippen LogP contribution in [0, 0.1) is 11.8 Å². The fourth-order valence-electron chi connectivity index (χ4n) is 1.62. The molecular weight excluding hydrogens is 168 g/mol. The van der Waals surface area contributed by atoms with Crippen molar-refractivity contribution in [3.05, 3.63) is 0 Å². The summed E-state index contributed by atoms with van der Waals surface area (Å²) in [6.45, 7) is 3.88. The van der Waals surface area contributed by atoms with Crippen molar-refractivity contribution in [1.29, 1.82) is 0 Å². The Kier molecular flexibility index (Phi) is 3.46. The number of unbranched alkanes of at least 4 members (excludes halogenated alkanes) is 2. The van der Waals surface area contributed by atoms with Gasteiger partial charge in [-0.15, -0.1) is 0 Å². The zero-order chi connectivity index (χ0) is 9.84. The molecular formula is C10H16O3. The zero-order valence-corrected chi connectivity index (χ0v) is 8.21. The summed E-state index contributed by atoms with van der Waals surface area (Å²) in [6, 6.07) is 0. The van der Waals surface area contributed by atoms with E-state index in [1.165, 1.54) is 0 Å². The van der Waals surface area contributed by atoms with Gasteiger partial charge < -0.3 is 4.74 Å². The third-order valence-corrected chi connectivity index (χ3v) is 2.60. The largest absolute Gasteiger partial charge is 0.393 e. The number of ether oxygens (including phenoxy) is 1. The van der Waals surface area contributed by atoms with Crippen molar-refractivity contribution in [2.75, 3.05) is 0 Å². The summed E-state index contributed by atoms with van der Waals surface area (Å²) in [5.74, 6) is -1.09. The predicted octanol–water partition coefficient (Wildman–Crippen LogP) is 1.90. The maximum atomic E-state index is 11.1. The van der Waals surface area contributed by atoms with E-state index in [1.54, 1.807) is 6.92 Å². The van der Waals surface area contributed by atoms with E-state index < -0.39 is 0 Å². The van der Waals surface area contributed by atoms with Crippen molar-refractivity contribution in [2.45, 2.75) is 39.5 Å². The van der Waals surface area contributed by atoms with E-state index in [4.69, 9.17) is 0 Å². The summed E-state index contributed by atoms with van der Waals surface area (Å²) in [6.07, 6.45) is 4.04. The molecule has 1 heterocycles. The van der Waals surface area contributed by atoms with Gasteiger partial charge in [-0.25, -0.2) is 0 Å². The monoisotopic (exact) mass is 184 g/mol. The number of cyclic esters (lactones) is 2. The van der Waals surface area contributed by atoms with Gasteiger partial charge in [-0.2, -0.15) is 0 Å². The molecule has 0 aliphatic carbocycles. The lowest BCUT2D eigenvalue weighted by Gasteiger charge is -2.07. The van der Waals surface area contributed by atoms with Gasteiger partial charge in [-0.3, -0.25) is 9.59 Å². The van der Waals surface area contributed by atoms with Gasteiger partial charge in [0.25, 0.3) is 0 Å². The van der Waals surface area contributed by atoms with E-state index in [2.05, 4.69) is 11.7 Å². The summed E-state index contributed by atoms with van der Waals surface area (Å²) in [5, 5.41) is 0. The highest BCUT2D eigenvalue weighted by Gasteiger charge is 2.40. The highest BCUT2D eigenvalue weighted by atomic mass is 16.6. The van der Waals surface area contributed by atoms with Gasteiger partial charge in [0.15, 0.2) is 0 Å². The standard InChI is InChI=1S/C10H16O3/c1-3-4-5-6-8-7(2)9(11)13-10(8)12/h7-8H,3-6H2,1-2H3/t7-,8-/m0/s1. The Balaban J connectivity index is 2.40. The van der Waals surface area contributed by atoms with Crippen LogP contribution in [0.4, 0.5) is 0 Å². The minimum atomic E-state index is -0.355. The minimum Gasteiger partial charge on any atom is -0.393 e. The molecule has 3 heteroatoms. The lowest BCUT2D eigenvalue weighted by Crippen LogP contribution is -2.14. The molecule has 13 heavy (non-hydrogen) atoms. The van der Waals surface area contributed by atoms with Gasteiger partial charge >= 0.3 is 11.9 Å². The Morgan fingerprint density at radius 2 is 1.92 bits per heavy atom. The molecule has 0 aromatic heterocycles. The molecule has 2 atom stereocenters. The van der Waals surface area contributed by atoms with Gasteiger partial charge in [0.05, 0.1) is 11.8 Å². The molecule has 0 spiro atoms. The lowest BCUT2D eigenvalue weighted by molar-refractivity contribution is -0.153. The Morgan fingerprint density at radius 3 is 2.38 bits per heavy atom. The fourth-order valence-corrected chi connectivity index (χ4v) is 1.62. The van der Waals surface area contributed by atoms with Crippen LogP contribution >= 0.6 is 0 Å². The van der Waals surface area contributed by atoms with Crippen LogP contribution in [0.5, 0.6) is 0 Å². The second-order valence-corrected chi connectivity index (χ2v) is 3.63. The number of carbonyl (C=O) groups is 2. The maximum Gasteiger partial charge on any atom is 0.317 e. The average molecular weight is 184 g/mol. The Hall–Kier alpha value is -0.860. The van der Waals surface area contributed by atoms with Crippen molar-refractivity contribution in [1.82, 2.24) is 0 Å². The molecule has 0 amide bonds. The summed E-state index contributed by atoms with van der Waals surface area (Å²) in [7, 11) is 0. The molecule has 1 saturated heterocycles. The molecule has 0 aromatic carbocycles. The maximum absolute atomic E-state index is 11.1. The van der Waals surface area contributed by atoms with Crippen molar-refractivity contribution < 1.29 is 14.3 Å². The number of hydrogen-bond donors (Lipinski definition) is 0. The molecule has 1 fully saturated rings. The quantitative estimate of drug-likeness (QED) is 0.381. The van der Waals surface area contributed by atoms with E-state index >= 15 is 0 Å². The lowest BCUT2D eigenvalue weighted by atomic mass is 9.91. The number of carbonyl (C=O) groups excluding carboxylic acids is 2. The first-order chi connectivity index (χ1) is 6.16. The van der Waals surface area contributed by atoms with E-state index in [0.717, 1.165) is 25.7 Å². The molecule has 1 rings (SSSR count). The summed E-state index contributed by atoms with van der Waals surface area (Å²) < 4.78 is 4.54. The van der Waals surface area contributed by atoms with Crippen LogP contribution < -0.4 is 0 Å². The summed E-state index contributed by atoms with van der Waals surface area (Å²) in [5.41, 5.74) is 0. The topological polar surface area (TPSA) is 43.4 Å². The summed E-state index contributed by atoms with van der Waals surface area (Å²) in [4.78, 5) is 22.1. The van der Waals surface area contributed by atoms with E-state index in [1.807, 2.05) is 0 Å². The first kappa shape index (κ1) is 10.2. The number of rotatable bonds is 4. The Morgan fingerprint density at radius 1 is 1.23 bits per heavy atom. The first-order valence-electron chi connectivity index (χ1n) is 4.92. The van der Waals surface area contributed by atoms with Crippen LogP contribution in [-0.4, -0.2) is 11.9 Å². The van der Waals surface area contributed by atoms with Crippen LogP contribution in [0.25, 0.3) is 0 Å². The molecule has 0 N–H and O–H groups in total. The molecule has 3 nitrogen and oxygen atoms in total. The third kappa shape index (κ3) is 2.29. The molecule has 1 aliphatic heterocycles. The highest BCUT2D eigenvalue weighted by molar-refractivity contribution is 5.96. The number of hydrogen-bond acceptors (Lipinski definition) is 3. The molecule has 74 valence electrons. The van der Waals surface area contributed by atoms with Crippen LogP contribution in [0.1, 0.15) is 39.5 Å². The highest BCUT2D eigenvalue weighted by Crippen LogP contribution is 2.27. The van der Waals surface area contributed by atoms with Crippen molar-refractivity contribution in [2.24, 2.45) is 11.8 Å². The minimum absolute atomic E-state index is 0.181. The van der Waals surface area contributed by atoms with Crippen LogP contribution in [0.3, 0.4) is 0 Å². The zero-order valence-electron chi connectivity index (χ0n) is 8.21. The third-order valence-electron chi connectivity index (χ3n) is 2.60. The van der Waals surface area contributed by atoms with Crippen LogP contribution in [-0.2, 0) is 14.3 Å². The van der Waals surface area contributed by atoms with Gasteiger partial charge in [0.2, 0.25) is 0 Å². The van der Waals surface area contributed by atoms with Crippen LogP contribution in [0.2, 0.25) is 0 Å². The number of esters is 2. The molecule has 1 aliphatic rings. The van der Waals surface area contributed by atoms with Crippen molar-refractivity contribution in [3.63, 3.8) is 0 Å². The van der Waals surface area contributed by atoms with Gasteiger partial charge in [0, 0.05) is 0 Å². The fraction of sp³-hybridized carbons (Fsp3) is 0.800. The second kappa shape index (κ2) is 4.40. The van der Waals surface area contributed by atoms with Crippen molar-refractivity contribution >= 4 is 11.9 Å². The molecule has 0 unspecified atom stereocenters. The normalized spacial score (nSPS) is 27.8. The summed E-state index contributed by atoms with van der Waals surface area (Å²) >= 11 is 0. The van der Waals surface area contributed by atoms with Gasteiger partial charge in [-0.1, -0.05) is 33.1 Å².